The van der Waals surface area contributed by atoms with E-state index in [0.29, 0.717) is 6.04 Å². The predicted octanol–water partition coefficient (Wildman–Crippen LogP) is 3.98. The number of nitrogens with zero attached hydrogens (tertiary/aromatic N) is 5. The molecule has 0 spiro atoms. The lowest BCUT2D eigenvalue weighted by Crippen LogP contribution is -2.48. The van der Waals surface area contributed by atoms with Gasteiger partial charge in [-0.1, -0.05) is 36.4 Å². The number of benzene rings is 1. The van der Waals surface area contributed by atoms with Crippen LogP contribution in [-0.2, 0) is 6.54 Å². The molecular weight excluding hydrogens is 416 g/mol. The van der Waals surface area contributed by atoms with Crippen LogP contribution >= 0.6 is 11.3 Å². The van der Waals surface area contributed by atoms with Crippen molar-refractivity contribution in [1.82, 2.24) is 30.1 Å². The lowest BCUT2D eigenvalue weighted by Gasteiger charge is -2.44. The van der Waals surface area contributed by atoms with Gasteiger partial charge in [0.1, 0.15) is 5.69 Å². The van der Waals surface area contributed by atoms with Gasteiger partial charge in [-0.3, -0.25) is 4.90 Å². The smallest absolute Gasteiger partial charge is 0.123 e. The third-order valence-corrected chi connectivity index (χ3v) is 8.26. The van der Waals surface area contributed by atoms with Gasteiger partial charge in [0, 0.05) is 31.1 Å². The van der Waals surface area contributed by atoms with Gasteiger partial charge in [0.2, 0.25) is 0 Å². The molecule has 0 radical (unpaired) electrons. The van der Waals surface area contributed by atoms with E-state index in [-0.39, 0.29) is 0 Å². The van der Waals surface area contributed by atoms with Crippen LogP contribution in [0.25, 0.3) is 21.0 Å². The fourth-order valence-electron chi connectivity index (χ4n) is 5.07. The summed E-state index contributed by atoms with van der Waals surface area (Å²) in [4.78, 5) is 7.51. The van der Waals surface area contributed by atoms with Crippen LogP contribution in [-0.4, -0.2) is 71.1 Å². The zero-order chi connectivity index (χ0) is 21.9. The number of likely N-dealkylation sites (N-methyl/N-ethyl adjacent to an activating group) is 2. The highest BCUT2D eigenvalue weighted by molar-refractivity contribution is 7.18. The third-order valence-electron chi connectivity index (χ3n) is 7.10. The van der Waals surface area contributed by atoms with E-state index in [0.717, 1.165) is 44.3 Å². The average molecular weight is 451 g/mol. The highest BCUT2D eigenvalue weighted by Crippen LogP contribution is 2.37. The molecule has 32 heavy (non-hydrogen) atoms. The minimum atomic E-state index is 0.488. The molecule has 0 amide bonds. The van der Waals surface area contributed by atoms with E-state index in [9.17, 15) is 0 Å². The number of piperidine rings is 3. The Morgan fingerprint density at radius 2 is 1.88 bits per heavy atom. The number of aromatic nitrogens is 3. The molecule has 3 aromatic rings. The Labute approximate surface area is 195 Å². The molecule has 3 aliphatic heterocycles. The van der Waals surface area contributed by atoms with Gasteiger partial charge < -0.3 is 10.2 Å². The van der Waals surface area contributed by atoms with Gasteiger partial charge in [0.25, 0.3) is 0 Å². The van der Waals surface area contributed by atoms with Crippen LogP contribution in [0.3, 0.4) is 0 Å². The summed E-state index contributed by atoms with van der Waals surface area (Å²) in [5, 5.41) is 12.3. The number of hydrogen-bond donors (Lipinski definition) is 1. The molecule has 6 rings (SSSR count). The fourth-order valence-corrected chi connectivity index (χ4v) is 6.03. The van der Waals surface area contributed by atoms with Crippen molar-refractivity contribution >= 4 is 11.3 Å². The summed E-state index contributed by atoms with van der Waals surface area (Å²) in [7, 11) is 2.01. The summed E-state index contributed by atoms with van der Waals surface area (Å²) < 4.78 is 2.13. The molecule has 7 heteroatoms. The maximum Gasteiger partial charge on any atom is 0.123 e. The normalized spacial score (nSPS) is 22.7. The van der Waals surface area contributed by atoms with Crippen molar-refractivity contribution in [3.8, 4) is 21.0 Å². The fraction of sp³-hybridized carbons (Fsp3) is 0.520. The van der Waals surface area contributed by atoms with Crippen LogP contribution in [0.5, 0.6) is 0 Å². The Kier molecular flexibility index (Phi) is 6.69. The standard InChI is InChI=1S/C25H34N6S/c1-3-29(15-12-26-2)16-19-4-6-21(7-5-19)24-8-9-25(32-24)22-17-31(28-27-22)23-18-30-13-10-20(23)11-14-30/h4-9,17,20,23,26H,3,10-16,18H2,1-2H3/t23-/m0/s1. The Balaban J connectivity index is 1.26. The Morgan fingerprint density at radius 3 is 2.56 bits per heavy atom. The summed E-state index contributed by atoms with van der Waals surface area (Å²) in [5.74, 6) is 0.758. The van der Waals surface area contributed by atoms with Crippen LogP contribution < -0.4 is 5.32 Å². The second-order valence-corrected chi connectivity index (χ2v) is 10.2. The van der Waals surface area contributed by atoms with Gasteiger partial charge in [-0.25, -0.2) is 4.68 Å². The van der Waals surface area contributed by atoms with E-state index < -0.39 is 0 Å². The SMILES string of the molecule is CCN(CCNC)Cc1ccc(-c2ccc(-c3cn([C@H]4CN5CCC4CC5)nn3)s2)cc1. The van der Waals surface area contributed by atoms with Gasteiger partial charge in [0.05, 0.1) is 17.1 Å². The van der Waals surface area contributed by atoms with Crippen molar-refractivity contribution in [1.29, 1.82) is 0 Å². The molecule has 2 bridgehead atoms. The zero-order valence-electron chi connectivity index (χ0n) is 19.2. The molecule has 170 valence electrons. The quantitative estimate of drug-likeness (QED) is 0.534. The van der Waals surface area contributed by atoms with E-state index in [1.165, 1.54) is 46.8 Å². The number of hydrogen-bond acceptors (Lipinski definition) is 6. The second-order valence-electron chi connectivity index (χ2n) is 9.12. The molecule has 0 saturated carbocycles. The molecule has 2 aromatic heterocycles. The molecule has 0 aliphatic carbocycles. The van der Waals surface area contributed by atoms with Crippen LogP contribution in [0.2, 0.25) is 0 Å². The minimum absolute atomic E-state index is 0.488. The highest BCUT2D eigenvalue weighted by atomic mass is 32.1. The van der Waals surface area contributed by atoms with Crippen molar-refractivity contribution in [3.05, 3.63) is 48.2 Å². The average Bonchev–Trinajstić information content (AvgIpc) is 3.53. The Hall–Kier alpha value is -2.06. The van der Waals surface area contributed by atoms with E-state index in [1.54, 1.807) is 11.3 Å². The summed E-state index contributed by atoms with van der Waals surface area (Å²) in [5.41, 5.74) is 3.63. The molecule has 1 N–H and O–H groups in total. The molecule has 3 fully saturated rings. The third kappa shape index (κ3) is 4.66. The summed E-state index contributed by atoms with van der Waals surface area (Å²) in [6, 6.07) is 13.9. The molecule has 5 heterocycles. The molecule has 1 aromatic carbocycles. The first-order valence-corrected chi connectivity index (χ1v) is 12.8. The van der Waals surface area contributed by atoms with Crippen molar-refractivity contribution < 1.29 is 0 Å². The van der Waals surface area contributed by atoms with Crippen molar-refractivity contribution in [2.45, 2.75) is 32.4 Å². The van der Waals surface area contributed by atoms with E-state index in [2.05, 4.69) is 79.6 Å². The highest BCUT2D eigenvalue weighted by Gasteiger charge is 2.35. The number of nitrogens with one attached hydrogen (secondary N) is 1. The maximum absolute atomic E-state index is 4.53. The first kappa shape index (κ1) is 21.8. The minimum Gasteiger partial charge on any atom is -0.318 e. The van der Waals surface area contributed by atoms with Crippen molar-refractivity contribution in [3.63, 3.8) is 0 Å². The molecule has 3 aliphatic rings. The Morgan fingerprint density at radius 1 is 1.09 bits per heavy atom. The Bertz CT molecular complexity index is 1000. The van der Waals surface area contributed by atoms with Gasteiger partial charge in [-0.05, 0) is 68.7 Å². The molecular formula is C25H34N6S. The van der Waals surface area contributed by atoms with E-state index >= 15 is 0 Å². The van der Waals surface area contributed by atoms with Crippen LogP contribution in [0.4, 0.5) is 0 Å². The molecule has 0 unspecified atom stereocenters. The predicted molar refractivity (Wildman–Crippen MR) is 132 cm³/mol. The largest absolute Gasteiger partial charge is 0.318 e. The summed E-state index contributed by atoms with van der Waals surface area (Å²) >= 11 is 1.80. The summed E-state index contributed by atoms with van der Waals surface area (Å²) in [6.07, 6.45) is 4.75. The summed E-state index contributed by atoms with van der Waals surface area (Å²) in [6.45, 7) is 10.0. The van der Waals surface area contributed by atoms with E-state index in [4.69, 9.17) is 0 Å². The monoisotopic (exact) mass is 450 g/mol. The van der Waals surface area contributed by atoms with Gasteiger partial charge in [-0.2, -0.15) is 0 Å². The van der Waals surface area contributed by atoms with Gasteiger partial charge in [-0.15, -0.1) is 16.4 Å². The number of thiophene rings is 1. The number of fused-ring (bicyclic) bond motifs is 3. The molecule has 3 saturated heterocycles. The topological polar surface area (TPSA) is 49.2 Å². The van der Waals surface area contributed by atoms with Gasteiger partial charge >= 0.3 is 0 Å². The number of rotatable bonds is 9. The lowest BCUT2D eigenvalue weighted by molar-refractivity contribution is 0.0504. The second kappa shape index (κ2) is 9.83. The first-order valence-electron chi connectivity index (χ1n) is 11.9. The zero-order valence-corrected chi connectivity index (χ0v) is 20.0. The lowest BCUT2D eigenvalue weighted by atomic mass is 9.84. The molecule has 1 atom stereocenters. The van der Waals surface area contributed by atoms with Gasteiger partial charge in [0.15, 0.2) is 0 Å². The first-order chi connectivity index (χ1) is 15.7. The van der Waals surface area contributed by atoms with E-state index in [1.807, 2.05) is 7.05 Å². The van der Waals surface area contributed by atoms with Crippen LogP contribution in [0.15, 0.2) is 42.6 Å². The van der Waals surface area contributed by atoms with Crippen LogP contribution in [0.1, 0.15) is 31.4 Å². The van der Waals surface area contributed by atoms with Crippen molar-refractivity contribution in [2.24, 2.45) is 5.92 Å². The maximum atomic E-state index is 4.53. The molecule has 6 nitrogen and oxygen atoms in total. The van der Waals surface area contributed by atoms with Crippen molar-refractivity contribution in [2.75, 3.05) is 46.3 Å². The van der Waals surface area contributed by atoms with Crippen LogP contribution in [0, 0.1) is 5.92 Å².